The number of rotatable bonds is 3. The van der Waals surface area contributed by atoms with Crippen molar-refractivity contribution >= 4 is 6.29 Å². The predicted molar refractivity (Wildman–Crippen MR) is 60.2 cm³/mol. The van der Waals surface area contributed by atoms with Crippen molar-refractivity contribution in [3.63, 3.8) is 0 Å². The molecule has 4 heteroatoms. The van der Waals surface area contributed by atoms with Crippen LogP contribution in [-0.2, 0) is 0 Å². The average Bonchev–Trinajstić information content (AvgIpc) is 2.70. The monoisotopic (exact) mass is 216 g/mol. The molecule has 2 aromatic rings. The molecule has 2 rings (SSSR count). The van der Waals surface area contributed by atoms with Crippen molar-refractivity contribution in [2.75, 3.05) is 7.11 Å². The van der Waals surface area contributed by atoms with Crippen molar-refractivity contribution in [3.05, 3.63) is 42.0 Å². The van der Waals surface area contributed by atoms with E-state index in [9.17, 15) is 4.79 Å². The van der Waals surface area contributed by atoms with Crippen molar-refractivity contribution in [2.24, 2.45) is 0 Å². The van der Waals surface area contributed by atoms with Crippen molar-refractivity contribution in [2.45, 2.75) is 6.92 Å². The van der Waals surface area contributed by atoms with Crippen molar-refractivity contribution in [1.82, 2.24) is 9.55 Å². The Bertz CT molecular complexity index is 517. The lowest BCUT2D eigenvalue weighted by Gasteiger charge is -2.08. The van der Waals surface area contributed by atoms with E-state index in [0.29, 0.717) is 5.82 Å². The summed E-state index contributed by atoms with van der Waals surface area (Å²) in [7, 11) is 1.61. The first-order chi connectivity index (χ1) is 7.76. The van der Waals surface area contributed by atoms with Gasteiger partial charge in [-0.25, -0.2) is 4.98 Å². The molecule has 0 bridgehead atoms. The molecule has 1 aromatic heterocycles. The van der Waals surface area contributed by atoms with Crippen LogP contribution in [0.25, 0.3) is 5.69 Å². The van der Waals surface area contributed by atoms with Crippen LogP contribution in [-0.4, -0.2) is 22.9 Å². The third-order valence-corrected chi connectivity index (χ3v) is 2.38. The molecule has 0 aliphatic heterocycles. The molecule has 0 N–H and O–H groups in total. The number of aromatic nitrogens is 2. The molecule has 0 aliphatic carbocycles. The fraction of sp³-hybridized carbons (Fsp3) is 0.167. The Balaban J connectivity index is 2.57. The first kappa shape index (κ1) is 10.4. The topological polar surface area (TPSA) is 44.1 Å². The molecule has 0 saturated heterocycles. The van der Waals surface area contributed by atoms with Gasteiger partial charge in [-0.15, -0.1) is 0 Å². The molecule has 0 atom stereocenters. The number of aldehydes is 1. The van der Waals surface area contributed by atoms with E-state index in [2.05, 4.69) is 4.98 Å². The Hall–Kier alpha value is -2.10. The molecule has 1 aromatic carbocycles. The van der Waals surface area contributed by atoms with E-state index in [-0.39, 0.29) is 0 Å². The zero-order valence-corrected chi connectivity index (χ0v) is 9.18. The zero-order chi connectivity index (χ0) is 11.5. The fourth-order valence-corrected chi connectivity index (χ4v) is 1.62. The third kappa shape index (κ3) is 1.69. The van der Waals surface area contributed by atoms with E-state index < -0.39 is 0 Å². The smallest absolute Gasteiger partial charge is 0.185 e. The van der Waals surface area contributed by atoms with Crippen LogP contribution in [0.2, 0.25) is 0 Å². The molecule has 0 aliphatic rings. The molecule has 0 spiro atoms. The van der Waals surface area contributed by atoms with Gasteiger partial charge >= 0.3 is 0 Å². The molecule has 0 unspecified atom stereocenters. The number of aryl methyl sites for hydroxylation is 1. The van der Waals surface area contributed by atoms with E-state index in [1.165, 1.54) is 0 Å². The predicted octanol–water partition coefficient (Wildman–Crippen LogP) is 2.00. The number of imidazole rings is 1. The number of carbonyl (C=O) groups excluding carboxylic acids is 1. The number of hydrogen-bond donors (Lipinski definition) is 0. The molecule has 0 fully saturated rings. The fourth-order valence-electron chi connectivity index (χ4n) is 1.62. The summed E-state index contributed by atoms with van der Waals surface area (Å²) in [5, 5.41) is 0. The van der Waals surface area contributed by atoms with Crippen LogP contribution in [0.5, 0.6) is 5.75 Å². The second-order valence-electron chi connectivity index (χ2n) is 3.41. The van der Waals surface area contributed by atoms with Crippen LogP contribution in [0, 0.1) is 6.92 Å². The first-order valence-corrected chi connectivity index (χ1v) is 4.90. The molecule has 82 valence electrons. The summed E-state index contributed by atoms with van der Waals surface area (Å²) in [6.45, 7) is 1.90. The van der Waals surface area contributed by atoms with Crippen LogP contribution >= 0.6 is 0 Å². The average molecular weight is 216 g/mol. The Morgan fingerprint density at radius 2 is 2.25 bits per heavy atom. The summed E-state index contributed by atoms with van der Waals surface area (Å²) in [6, 6.07) is 7.50. The lowest BCUT2D eigenvalue weighted by atomic mass is 10.3. The highest BCUT2D eigenvalue weighted by atomic mass is 16.5. The van der Waals surface area contributed by atoms with Gasteiger partial charge in [0.1, 0.15) is 5.75 Å². The zero-order valence-electron chi connectivity index (χ0n) is 9.18. The van der Waals surface area contributed by atoms with Crippen LogP contribution in [0.15, 0.2) is 30.5 Å². The molecule has 0 amide bonds. The number of nitrogens with zero attached hydrogens (tertiary/aromatic N) is 2. The largest absolute Gasteiger partial charge is 0.497 e. The minimum atomic E-state index is 0.394. The summed E-state index contributed by atoms with van der Waals surface area (Å²) >= 11 is 0. The SMILES string of the molecule is COc1cccc(-n2c(C)cnc2C=O)c1. The second-order valence-corrected chi connectivity index (χ2v) is 3.41. The Morgan fingerprint density at radius 3 is 2.94 bits per heavy atom. The van der Waals surface area contributed by atoms with Gasteiger partial charge in [-0.3, -0.25) is 9.36 Å². The molecule has 16 heavy (non-hydrogen) atoms. The second kappa shape index (κ2) is 4.18. The van der Waals surface area contributed by atoms with Gasteiger partial charge in [0.2, 0.25) is 0 Å². The molecule has 0 saturated carbocycles. The highest BCUT2D eigenvalue weighted by Gasteiger charge is 2.08. The van der Waals surface area contributed by atoms with Gasteiger partial charge in [0.15, 0.2) is 12.1 Å². The van der Waals surface area contributed by atoms with E-state index >= 15 is 0 Å². The highest BCUT2D eigenvalue weighted by molar-refractivity contribution is 5.71. The first-order valence-electron chi connectivity index (χ1n) is 4.90. The van der Waals surface area contributed by atoms with E-state index in [4.69, 9.17) is 4.74 Å². The molecular formula is C12H12N2O2. The summed E-state index contributed by atoms with van der Waals surface area (Å²) in [5.74, 6) is 1.15. The Labute approximate surface area is 93.5 Å². The van der Waals surface area contributed by atoms with Gasteiger partial charge in [0.05, 0.1) is 12.8 Å². The van der Waals surface area contributed by atoms with E-state index in [1.807, 2.05) is 31.2 Å². The maximum Gasteiger partial charge on any atom is 0.185 e. The number of carbonyl (C=O) groups is 1. The lowest BCUT2D eigenvalue weighted by Crippen LogP contribution is -2.02. The van der Waals surface area contributed by atoms with Gasteiger partial charge in [0, 0.05) is 18.0 Å². The standard InChI is InChI=1S/C12H12N2O2/c1-9-7-13-12(8-15)14(9)10-4-3-5-11(6-10)16-2/h3-8H,1-2H3. The van der Waals surface area contributed by atoms with Crippen LogP contribution in [0.3, 0.4) is 0 Å². The maximum atomic E-state index is 10.9. The van der Waals surface area contributed by atoms with Gasteiger partial charge in [-0.05, 0) is 19.1 Å². The number of ether oxygens (including phenoxy) is 1. The van der Waals surface area contributed by atoms with Crippen LogP contribution in [0.1, 0.15) is 16.3 Å². The van der Waals surface area contributed by atoms with Gasteiger partial charge in [-0.2, -0.15) is 0 Å². The summed E-state index contributed by atoms with van der Waals surface area (Å²) < 4.78 is 6.93. The number of benzene rings is 1. The Morgan fingerprint density at radius 1 is 1.44 bits per heavy atom. The van der Waals surface area contributed by atoms with Crippen LogP contribution in [0.4, 0.5) is 0 Å². The summed E-state index contributed by atoms with van der Waals surface area (Å²) in [5.41, 5.74) is 1.78. The summed E-state index contributed by atoms with van der Waals surface area (Å²) in [4.78, 5) is 14.9. The van der Waals surface area contributed by atoms with Crippen LogP contribution < -0.4 is 4.74 Å². The normalized spacial score (nSPS) is 10.1. The van der Waals surface area contributed by atoms with Gasteiger partial charge < -0.3 is 4.74 Å². The van der Waals surface area contributed by atoms with E-state index in [1.54, 1.807) is 17.9 Å². The highest BCUT2D eigenvalue weighted by Crippen LogP contribution is 2.19. The molecule has 4 nitrogen and oxygen atoms in total. The lowest BCUT2D eigenvalue weighted by molar-refractivity contribution is 0.111. The third-order valence-electron chi connectivity index (χ3n) is 2.38. The Kier molecular flexibility index (Phi) is 2.72. The minimum absolute atomic E-state index is 0.394. The number of hydrogen-bond acceptors (Lipinski definition) is 3. The minimum Gasteiger partial charge on any atom is -0.497 e. The molecular weight excluding hydrogens is 204 g/mol. The molecule has 1 heterocycles. The van der Waals surface area contributed by atoms with Crippen molar-refractivity contribution < 1.29 is 9.53 Å². The molecule has 0 radical (unpaired) electrons. The maximum absolute atomic E-state index is 10.9. The van der Waals surface area contributed by atoms with Gasteiger partial charge in [-0.1, -0.05) is 6.07 Å². The van der Waals surface area contributed by atoms with E-state index in [0.717, 1.165) is 23.4 Å². The number of methoxy groups -OCH3 is 1. The summed E-state index contributed by atoms with van der Waals surface area (Å²) in [6.07, 6.45) is 2.41. The quantitative estimate of drug-likeness (QED) is 0.737. The van der Waals surface area contributed by atoms with Crippen molar-refractivity contribution in [3.8, 4) is 11.4 Å². The van der Waals surface area contributed by atoms with Crippen molar-refractivity contribution in [1.29, 1.82) is 0 Å². The van der Waals surface area contributed by atoms with Gasteiger partial charge in [0.25, 0.3) is 0 Å².